The minimum atomic E-state index is 0. The third kappa shape index (κ3) is 5.82. The Labute approximate surface area is 193 Å². The van der Waals surface area contributed by atoms with Gasteiger partial charge in [-0.2, -0.15) is 4.98 Å². The molecule has 7 nitrogen and oxygen atoms in total. The molecular formula is C20H28ClIN6O. The zero-order chi connectivity index (χ0) is 19.5. The molecule has 1 aliphatic carbocycles. The van der Waals surface area contributed by atoms with Crippen LogP contribution in [-0.4, -0.2) is 59.3 Å². The molecule has 2 unspecified atom stereocenters. The first-order valence-electron chi connectivity index (χ1n) is 9.94. The van der Waals surface area contributed by atoms with Gasteiger partial charge < -0.3 is 15.2 Å². The van der Waals surface area contributed by atoms with E-state index in [9.17, 15) is 0 Å². The van der Waals surface area contributed by atoms with Crippen LogP contribution in [0.2, 0.25) is 5.02 Å². The van der Waals surface area contributed by atoms with Gasteiger partial charge in [-0.25, -0.2) is 0 Å². The molecule has 2 fully saturated rings. The van der Waals surface area contributed by atoms with E-state index in [4.69, 9.17) is 16.1 Å². The molecule has 1 aromatic heterocycles. The highest BCUT2D eigenvalue weighted by Gasteiger charge is 2.38. The average molecular weight is 531 g/mol. The molecule has 1 aliphatic heterocycles. The van der Waals surface area contributed by atoms with Crippen LogP contribution in [0.4, 0.5) is 0 Å². The Morgan fingerprint density at radius 2 is 2.21 bits per heavy atom. The zero-order valence-electron chi connectivity index (χ0n) is 16.8. The fourth-order valence-electron chi connectivity index (χ4n) is 3.85. The highest BCUT2D eigenvalue weighted by molar-refractivity contribution is 14.0. The summed E-state index contributed by atoms with van der Waals surface area (Å²) in [6.07, 6.45) is 4.49. The lowest BCUT2D eigenvalue weighted by molar-refractivity contribution is 0.256. The van der Waals surface area contributed by atoms with Gasteiger partial charge in [0.15, 0.2) is 5.96 Å². The van der Waals surface area contributed by atoms with Crippen LogP contribution in [0.5, 0.6) is 0 Å². The quantitative estimate of drug-likeness (QED) is 0.339. The summed E-state index contributed by atoms with van der Waals surface area (Å²) in [6, 6.07) is 9.34. The maximum Gasteiger partial charge on any atom is 0.228 e. The molecule has 0 amide bonds. The van der Waals surface area contributed by atoms with Crippen LogP contribution < -0.4 is 10.6 Å². The van der Waals surface area contributed by atoms with E-state index in [1.54, 1.807) is 7.05 Å². The van der Waals surface area contributed by atoms with Crippen molar-refractivity contribution in [1.29, 1.82) is 0 Å². The molecule has 0 bridgehead atoms. The number of likely N-dealkylation sites (tertiary alicyclic amines) is 1. The minimum Gasteiger partial charge on any atom is -0.356 e. The van der Waals surface area contributed by atoms with Crippen molar-refractivity contribution in [1.82, 2.24) is 25.7 Å². The molecular weight excluding hydrogens is 503 g/mol. The van der Waals surface area contributed by atoms with Crippen molar-refractivity contribution >= 4 is 41.5 Å². The SMILES string of the molecule is CN=C(NCCc1nc(-c2cccc(Cl)c2)no1)NC1CC(C)N(C2CC2)C1.I. The summed E-state index contributed by atoms with van der Waals surface area (Å²) in [6.45, 7) is 4.09. The Balaban J connectivity index is 0.00000240. The van der Waals surface area contributed by atoms with Gasteiger partial charge in [0.25, 0.3) is 0 Å². The number of nitrogens with one attached hydrogen (secondary N) is 2. The molecule has 2 N–H and O–H groups in total. The smallest absolute Gasteiger partial charge is 0.228 e. The Bertz CT molecular complexity index is 840. The van der Waals surface area contributed by atoms with Gasteiger partial charge in [-0.05, 0) is 38.3 Å². The number of hydrogen-bond acceptors (Lipinski definition) is 5. The summed E-state index contributed by atoms with van der Waals surface area (Å²) in [7, 11) is 1.80. The first-order chi connectivity index (χ1) is 13.6. The van der Waals surface area contributed by atoms with E-state index < -0.39 is 0 Å². The summed E-state index contributed by atoms with van der Waals surface area (Å²) in [5.74, 6) is 1.97. The lowest BCUT2D eigenvalue weighted by Crippen LogP contribution is -2.45. The predicted octanol–water partition coefficient (Wildman–Crippen LogP) is 3.34. The van der Waals surface area contributed by atoms with Crippen molar-refractivity contribution in [3.8, 4) is 11.4 Å². The van der Waals surface area contributed by atoms with Crippen LogP contribution in [0.15, 0.2) is 33.8 Å². The summed E-state index contributed by atoms with van der Waals surface area (Å²) >= 11 is 6.03. The number of guanidine groups is 1. The number of nitrogens with zero attached hydrogens (tertiary/aromatic N) is 4. The second kappa shape index (κ2) is 10.1. The third-order valence-corrected chi connectivity index (χ3v) is 5.62. The molecule has 29 heavy (non-hydrogen) atoms. The molecule has 2 heterocycles. The maximum atomic E-state index is 6.03. The van der Waals surface area contributed by atoms with Crippen LogP contribution in [0.3, 0.4) is 0 Å². The molecule has 0 radical (unpaired) electrons. The molecule has 1 saturated heterocycles. The number of hydrogen-bond donors (Lipinski definition) is 2. The van der Waals surface area contributed by atoms with Gasteiger partial charge >= 0.3 is 0 Å². The first kappa shape index (κ1) is 22.3. The minimum absolute atomic E-state index is 0. The fourth-order valence-corrected chi connectivity index (χ4v) is 4.04. The maximum absolute atomic E-state index is 6.03. The first-order valence-corrected chi connectivity index (χ1v) is 10.3. The molecule has 1 aromatic carbocycles. The molecule has 2 atom stereocenters. The van der Waals surface area contributed by atoms with Gasteiger partial charge in [-0.1, -0.05) is 28.9 Å². The highest BCUT2D eigenvalue weighted by Crippen LogP contribution is 2.33. The number of rotatable bonds is 6. The average Bonchev–Trinajstić information content (AvgIpc) is 3.30. The molecule has 4 rings (SSSR count). The molecule has 9 heteroatoms. The number of benzene rings is 1. The van der Waals surface area contributed by atoms with Crippen molar-refractivity contribution in [3.63, 3.8) is 0 Å². The van der Waals surface area contributed by atoms with Gasteiger partial charge in [0, 0.05) is 55.3 Å². The highest BCUT2D eigenvalue weighted by atomic mass is 127. The lowest BCUT2D eigenvalue weighted by atomic mass is 10.2. The largest absolute Gasteiger partial charge is 0.356 e. The van der Waals surface area contributed by atoms with Crippen molar-refractivity contribution in [2.24, 2.45) is 4.99 Å². The molecule has 158 valence electrons. The third-order valence-electron chi connectivity index (χ3n) is 5.39. The van der Waals surface area contributed by atoms with Crippen molar-refractivity contribution in [2.75, 3.05) is 20.1 Å². The van der Waals surface area contributed by atoms with E-state index in [1.165, 1.54) is 12.8 Å². The lowest BCUT2D eigenvalue weighted by Gasteiger charge is -2.20. The summed E-state index contributed by atoms with van der Waals surface area (Å²) in [5.41, 5.74) is 0.850. The van der Waals surface area contributed by atoms with Crippen LogP contribution in [0, 0.1) is 0 Å². The molecule has 2 aliphatic rings. The summed E-state index contributed by atoms with van der Waals surface area (Å²) < 4.78 is 5.36. The Hall–Kier alpha value is -1.39. The second-order valence-electron chi connectivity index (χ2n) is 7.63. The number of aliphatic imine (C=N–C) groups is 1. The summed E-state index contributed by atoms with van der Waals surface area (Å²) in [5, 5.41) is 11.6. The summed E-state index contributed by atoms with van der Waals surface area (Å²) in [4.78, 5) is 11.4. The number of aromatic nitrogens is 2. The standard InChI is InChI=1S/C20H27ClN6O.HI/c1-13-10-16(12-27(13)17-6-7-17)24-20(22-2)23-9-8-18-25-19(26-28-18)14-4-3-5-15(21)11-14;/h3-5,11,13,16-17H,6-10,12H2,1-2H3,(H2,22,23,24);1H. The van der Waals surface area contributed by atoms with Crippen molar-refractivity contribution in [2.45, 2.75) is 50.7 Å². The van der Waals surface area contributed by atoms with Crippen molar-refractivity contribution in [3.05, 3.63) is 35.2 Å². The molecule has 2 aromatic rings. The monoisotopic (exact) mass is 530 g/mol. The molecule has 0 spiro atoms. The van der Waals surface area contributed by atoms with E-state index in [-0.39, 0.29) is 24.0 Å². The zero-order valence-corrected chi connectivity index (χ0v) is 19.9. The van der Waals surface area contributed by atoms with Crippen molar-refractivity contribution < 1.29 is 4.52 Å². The van der Waals surface area contributed by atoms with Crippen LogP contribution in [-0.2, 0) is 6.42 Å². The van der Waals surface area contributed by atoms with Gasteiger partial charge in [0.05, 0.1) is 0 Å². The van der Waals surface area contributed by atoms with Gasteiger partial charge in [0.1, 0.15) is 0 Å². The van der Waals surface area contributed by atoms with Crippen LogP contribution >= 0.6 is 35.6 Å². The van der Waals surface area contributed by atoms with E-state index in [2.05, 4.69) is 37.6 Å². The Kier molecular flexibility index (Phi) is 7.75. The van der Waals surface area contributed by atoms with Gasteiger partial charge in [-0.15, -0.1) is 24.0 Å². The van der Waals surface area contributed by atoms with E-state index in [1.807, 2.05) is 24.3 Å². The fraction of sp³-hybridized carbons (Fsp3) is 0.550. The van der Waals surface area contributed by atoms with Crippen LogP contribution in [0.25, 0.3) is 11.4 Å². The van der Waals surface area contributed by atoms with Gasteiger partial charge in [0.2, 0.25) is 11.7 Å². The van der Waals surface area contributed by atoms with E-state index >= 15 is 0 Å². The Morgan fingerprint density at radius 3 is 2.93 bits per heavy atom. The van der Waals surface area contributed by atoms with Gasteiger partial charge in [-0.3, -0.25) is 9.89 Å². The van der Waals surface area contributed by atoms with E-state index in [0.717, 1.165) is 30.5 Å². The number of halogens is 2. The predicted molar refractivity (Wildman–Crippen MR) is 126 cm³/mol. The topological polar surface area (TPSA) is 78.6 Å². The second-order valence-corrected chi connectivity index (χ2v) is 8.06. The normalized spacial score (nSPS) is 22.4. The van der Waals surface area contributed by atoms with Crippen LogP contribution in [0.1, 0.15) is 32.1 Å². The molecule has 1 saturated carbocycles. The van der Waals surface area contributed by atoms with E-state index in [0.29, 0.717) is 41.8 Å². The Morgan fingerprint density at radius 1 is 1.38 bits per heavy atom.